The zero-order valence-corrected chi connectivity index (χ0v) is 15.3. The summed E-state index contributed by atoms with van der Waals surface area (Å²) in [7, 11) is 0. The number of carbonyl (C=O) groups excluding carboxylic acids is 1. The minimum atomic E-state index is -0.503. The molecule has 2 heterocycles. The van der Waals surface area contributed by atoms with Gasteiger partial charge in [0, 0.05) is 25.2 Å². The standard InChI is InChI=1S/C19H26N4O2/c1-13-6-5-7-14(8-13)17(23-12-16(20)9-21-23)15-10-22(11-15)25-18(24)19(2,3)4/h5-9,12,15,17H,10-11,20H2,1-4H3. The fourth-order valence-electron chi connectivity index (χ4n) is 3.00. The Morgan fingerprint density at radius 1 is 1.36 bits per heavy atom. The Labute approximate surface area is 148 Å². The van der Waals surface area contributed by atoms with Crippen LogP contribution in [0.3, 0.4) is 0 Å². The summed E-state index contributed by atoms with van der Waals surface area (Å²) in [6.07, 6.45) is 3.52. The molecule has 0 radical (unpaired) electrons. The molecule has 1 saturated heterocycles. The van der Waals surface area contributed by atoms with E-state index in [2.05, 4.69) is 36.3 Å². The summed E-state index contributed by atoms with van der Waals surface area (Å²) in [5.74, 6) is 0.0928. The van der Waals surface area contributed by atoms with Gasteiger partial charge in [-0.1, -0.05) is 29.8 Å². The molecule has 0 amide bonds. The number of nitrogens with zero attached hydrogens (tertiary/aromatic N) is 3. The van der Waals surface area contributed by atoms with Crippen molar-refractivity contribution in [1.29, 1.82) is 0 Å². The number of aromatic nitrogens is 2. The van der Waals surface area contributed by atoms with Gasteiger partial charge in [-0.25, -0.2) is 4.79 Å². The van der Waals surface area contributed by atoms with E-state index in [4.69, 9.17) is 10.6 Å². The van der Waals surface area contributed by atoms with Crippen molar-refractivity contribution in [1.82, 2.24) is 14.8 Å². The van der Waals surface area contributed by atoms with E-state index >= 15 is 0 Å². The molecule has 2 aromatic rings. The van der Waals surface area contributed by atoms with Crippen molar-refractivity contribution in [3.8, 4) is 0 Å². The fraction of sp³-hybridized carbons (Fsp3) is 0.474. The van der Waals surface area contributed by atoms with E-state index in [-0.39, 0.29) is 12.0 Å². The molecule has 0 aliphatic carbocycles. The van der Waals surface area contributed by atoms with Crippen LogP contribution in [0.5, 0.6) is 0 Å². The number of hydrogen-bond donors (Lipinski definition) is 1. The average Bonchev–Trinajstić information content (AvgIpc) is 2.90. The third-order valence-electron chi connectivity index (χ3n) is 4.44. The van der Waals surface area contributed by atoms with Crippen LogP contribution in [0.2, 0.25) is 0 Å². The first kappa shape index (κ1) is 17.5. The first-order valence-corrected chi connectivity index (χ1v) is 8.57. The highest BCUT2D eigenvalue weighted by atomic mass is 16.7. The summed E-state index contributed by atoms with van der Waals surface area (Å²) < 4.78 is 1.91. The van der Waals surface area contributed by atoms with Gasteiger partial charge < -0.3 is 10.6 Å². The molecular formula is C19H26N4O2. The molecule has 1 atom stereocenters. The van der Waals surface area contributed by atoms with Gasteiger partial charge in [-0.2, -0.15) is 5.10 Å². The Morgan fingerprint density at radius 2 is 2.08 bits per heavy atom. The van der Waals surface area contributed by atoms with Crippen LogP contribution in [0.15, 0.2) is 36.7 Å². The second kappa shape index (κ2) is 6.52. The maximum atomic E-state index is 12.0. The molecule has 6 heteroatoms. The van der Waals surface area contributed by atoms with Crippen molar-refractivity contribution in [2.75, 3.05) is 18.8 Å². The van der Waals surface area contributed by atoms with Crippen LogP contribution >= 0.6 is 0 Å². The van der Waals surface area contributed by atoms with Crippen molar-refractivity contribution < 1.29 is 9.63 Å². The number of carbonyl (C=O) groups is 1. The molecule has 2 N–H and O–H groups in total. The van der Waals surface area contributed by atoms with E-state index in [0.29, 0.717) is 24.7 Å². The third-order valence-corrected chi connectivity index (χ3v) is 4.44. The molecule has 1 aliphatic heterocycles. The molecule has 3 rings (SSSR count). The highest BCUT2D eigenvalue weighted by Crippen LogP contribution is 2.34. The highest BCUT2D eigenvalue weighted by Gasteiger charge is 2.39. The lowest BCUT2D eigenvalue weighted by atomic mass is 9.87. The zero-order chi connectivity index (χ0) is 18.2. The molecule has 1 aromatic carbocycles. The Balaban J connectivity index is 1.75. The summed E-state index contributed by atoms with van der Waals surface area (Å²) in [4.78, 5) is 17.5. The summed E-state index contributed by atoms with van der Waals surface area (Å²) in [5.41, 5.74) is 8.40. The molecule has 0 bridgehead atoms. The Kier molecular flexibility index (Phi) is 4.56. The van der Waals surface area contributed by atoms with Crippen LogP contribution in [-0.2, 0) is 9.63 Å². The maximum absolute atomic E-state index is 12.0. The van der Waals surface area contributed by atoms with Crippen molar-refractivity contribution in [3.05, 3.63) is 47.8 Å². The lowest BCUT2D eigenvalue weighted by molar-refractivity contribution is -0.231. The molecule has 1 unspecified atom stereocenters. The number of nitrogen functional groups attached to an aromatic ring is 1. The number of nitrogens with two attached hydrogens (primary N) is 1. The van der Waals surface area contributed by atoms with E-state index < -0.39 is 5.41 Å². The Hall–Kier alpha value is -2.34. The minimum absolute atomic E-state index is 0.0711. The van der Waals surface area contributed by atoms with Gasteiger partial charge in [0.25, 0.3) is 0 Å². The largest absolute Gasteiger partial charge is 0.396 e. The van der Waals surface area contributed by atoms with E-state index in [1.165, 1.54) is 11.1 Å². The predicted molar refractivity (Wildman–Crippen MR) is 96.6 cm³/mol. The van der Waals surface area contributed by atoms with Gasteiger partial charge >= 0.3 is 5.97 Å². The smallest absolute Gasteiger partial charge is 0.330 e. The van der Waals surface area contributed by atoms with Gasteiger partial charge in [0.15, 0.2) is 0 Å². The van der Waals surface area contributed by atoms with Crippen molar-refractivity contribution >= 4 is 11.7 Å². The van der Waals surface area contributed by atoms with E-state index in [9.17, 15) is 4.79 Å². The summed E-state index contributed by atoms with van der Waals surface area (Å²) in [6, 6.07) is 8.49. The van der Waals surface area contributed by atoms with E-state index in [0.717, 1.165) is 0 Å². The number of aryl methyl sites for hydroxylation is 1. The van der Waals surface area contributed by atoms with Crippen LogP contribution in [0.1, 0.15) is 37.9 Å². The maximum Gasteiger partial charge on any atom is 0.330 e. The highest BCUT2D eigenvalue weighted by molar-refractivity contribution is 5.75. The number of hydroxylamine groups is 2. The van der Waals surface area contributed by atoms with Gasteiger partial charge in [-0.3, -0.25) is 4.68 Å². The second-order valence-electron chi connectivity index (χ2n) is 7.85. The monoisotopic (exact) mass is 342 g/mol. The zero-order valence-electron chi connectivity index (χ0n) is 15.3. The van der Waals surface area contributed by atoms with E-state index in [1.54, 1.807) is 11.3 Å². The van der Waals surface area contributed by atoms with E-state index in [1.807, 2.05) is 31.6 Å². The summed E-state index contributed by atoms with van der Waals surface area (Å²) in [5, 5.41) is 6.15. The first-order chi connectivity index (χ1) is 11.7. The summed E-state index contributed by atoms with van der Waals surface area (Å²) >= 11 is 0. The predicted octanol–water partition coefficient (Wildman–Crippen LogP) is 2.80. The minimum Gasteiger partial charge on any atom is -0.396 e. The Bertz CT molecular complexity index is 757. The van der Waals surface area contributed by atoms with Crippen LogP contribution < -0.4 is 5.73 Å². The van der Waals surface area contributed by atoms with Gasteiger partial charge in [-0.15, -0.1) is 5.06 Å². The molecule has 1 aromatic heterocycles. The second-order valence-corrected chi connectivity index (χ2v) is 7.85. The third kappa shape index (κ3) is 3.85. The van der Waals surface area contributed by atoms with Crippen LogP contribution in [-0.4, -0.2) is 33.9 Å². The topological polar surface area (TPSA) is 73.4 Å². The molecule has 1 fully saturated rings. The van der Waals surface area contributed by atoms with Crippen LogP contribution in [0, 0.1) is 18.3 Å². The lowest BCUT2D eigenvalue weighted by Gasteiger charge is -2.42. The summed E-state index contributed by atoms with van der Waals surface area (Å²) in [6.45, 7) is 9.01. The fourth-order valence-corrected chi connectivity index (χ4v) is 3.00. The van der Waals surface area contributed by atoms with Crippen molar-refractivity contribution in [3.63, 3.8) is 0 Å². The van der Waals surface area contributed by atoms with Crippen LogP contribution in [0.25, 0.3) is 0 Å². The average molecular weight is 342 g/mol. The number of benzene rings is 1. The first-order valence-electron chi connectivity index (χ1n) is 8.57. The molecule has 6 nitrogen and oxygen atoms in total. The SMILES string of the molecule is Cc1cccc(C(C2CN(OC(=O)C(C)(C)C)C2)n2cc(N)cn2)c1. The van der Waals surface area contributed by atoms with Gasteiger partial charge in [-0.05, 0) is 33.3 Å². The van der Waals surface area contributed by atoms with Crippen molar-refractivity contribution in [2.24, 2.45) is 11.3 Å². The Morgan fingerprint density at radius 3 is 2.64 bits per heavy atom. The van der Waals surface area contributed by atoms with Crippen molar-refractivity contribution in [2.45, 2.75) is 33.7 Å². The lowest BCUT2D eigenvalue weighted by Crippen LogP contribution is -2.52. The molecule has 0 saturated carbocycles. The van der Waals surface area contributed by atoms with Gasteiger partial charge in [0.2, 0.25) is 0 Å². The number of hydrogen-bond acceptors (Lipinski definition) is 5. The number of anilines is 1. The number of rotatable bonds is 4. The van der Waals surface area contributed by atoms with Gasteiger partial charge in [0.05, 0.1) is 23.3 Å². The van der Waals surface area contributed by atoms with Gasteiger partial charge in [0.1, 0.15) is 0 Å². The molecule has 25 heavy (non-hydrogen) atoms. The molecule has 1 aliphatic rings. The molecular weight excluding hydrogens is 316 g/mol. The van der Waals surface area contributed by atoms with Crippen LogP contribution in [0.4, 0.5) is 5.69 Å². The normalized spacial score (nSPS) is 17.1. The molecule has 134 valence electrons. The molecule has 0 spiro atoms. The quantitative estimate of drug-likeness (QED) is 0.925.